The fraction of sp³-hybridized carbons (Fsp3) is 0.763. The van der Waals surface area contributed by atoms with Crippen LogP contribution in [0.4, 0.5) is 0 Å². The maximum absolute atomic E-state index is 12.8. The minimum Gasteiger partial charge on any atom is -0.462 e. The Labute approximate surface area is 397 Å². The maximum atomic E-state index is 12.8. The van der Waals surface area contributed by atoms with Crippen LogP contribution in [0.25, 0.3) is 0 Å². The first-order valence-electron chi connectivity index (χ1n) is 27.5. The van der Waals surface area contributed by atoms with Crippen LogP contribution in [0, 0.1) is 0 Å². The zero-order chi connectivity index (χ0) is 46.3. The molecule has 0 saturated heterocycles. The molecule has 0 N–H and O–H groups in total. The Balaban J connectivity index is 4.25. The predicted molar refractivity (Wildman–Crippen MR) is 279 cm³/mol. The van der Waals surface area contributed by atoms with Gasteiger partial charge >= 0.3 is 11.9 Å². The van der Waals surface area contributed by atoms with Crippen molar-refractivity contribution in [1.82, 2.24) is 0 Å². The zero-order valence-electron chi connectivity index (χ0n) is 42.5. The van der Waals surface area contributed by atoms with Crippen molar-refractivity contribution < 1.29 is 23.8 Å². The van der Waals surface area contributed by atoms with E-state index < -0.39 is 6.10 Å². The molecule has 0 spiro atoms. The molecule has 5 heteroatoms. The van der Waals surface area contributed by atoms with Gasteiger partial charge in [-0.05, 0) is 109 Å². The first kappa shape index (κ1) is 61.3. The summed E-state index contributed by atoms with van der Waals surface area (Å²) in [6.45, 7) is 7.72. The summed E-state index contributed by atoms with van der Waals surface area (Å²) < 4.78 is 17.4. The first-order chi connectivity index (χ1) is 31.6. The molecule has 0 rings (SSSR count). The molecule has 1 unspecified atom stereocenters. The van der Waals surface area contributed by atoms with Gasteiger partial charge in [0, 0.05) is 19.4 Å². The van der Waals surface area contributed by atoms with Crippen molar-refractivity contribution in [2.24, 2.45) is 0 Å². The molecule has 370 valence electrons. The molecule has 0 aromatic heterocycles. The number of hydrogen-bond acceptors (Lipinski definition) is 5. The third-order valence-corrected chi connectivity index (χ3v) is 11.7. The van der Waals surface area contributed by atoms with E-state index in [1.54, 1.807) is 0 Å². The molecule has 0 radical (unpaired) electrons. The molecule has 0 aliphatic heterocycles. The van der Waals surface area contributed by atoms with E-state index in [4.69, 9.17) is 14.2 Å². The van der Waals surface area contributed by atoms with Crippen molar-refractivity contribution in [2.45, 2.75) is 271 Å². The monoisotopic (exact) mass is 893 g/mol. The van der Waals surface area contributed by atoms with Crippen LogP contribution in [0.1, 0.15) is 265 Å². The lowest BCUT2D eigenvalue weighted by Gasteiger charge is -2.18. The van der Waals surface area contributed by atoms with Gasteiger partial charge in [-0.2, -0.15) is 0 Å². The number of ether oxygens (including phenoxy) is 3. The molecule has 0 amide bonds. The highest BCUT2D eigenvalue weighted by Gasteiger charge is 2.17. The van der Waals surface area contributed by atoms with Gasteiger partial charge < -0.3 is 14.2 Å². The first-order valence-corrected chi connectivity index (χ1v) is 27.5. The Bertz CT molecular complexity index is 1150. The van der Waals surface area contributed by atoms with Crippen LogP contribution < -0.4 is 0 Å². The molecule has 0 aliphatic rings. The molecule has 1 atom stereocenters. The molecule has 0 bridgehead atoms. The summed E-state index contributed by atoms with van der Waals surface area (Å²) in [5.74, 6) is -0.419. The average Bonchev–Trinajstić information content (AvgIpc) is 3.30. The molecule has 5 nitrogen and oxygen atoms in total. The average molecular weight is 893 g/mol. The van der Waals surface area contributed by atoms with Crippen LogP contribution in [0.5, 0.6) is 0 Å². The van der Waals surface area contributed by atoms with E-state index in [9.17, 15) is 9.59 Å². The van der Waals surface area contributed by atoms with Gasteiger partial charge in [0.2, 0.25) is 0 Å². The Morgan fingerprint density at radius 3 is 1.11 bits per heavy atom. The lowest BCUT2D eigenvalue weighted by atomic mass is 10.1. The SMILES string of the molecule is CCCC/C=C\CCCCCCCC(=O)OC(COCCCCCCCCC/C=C\C/C=C\C/C=C\CCCCC)COC(=O)CCCCCCCCC/C=C\C/C=C\CCCCC. The fourth-order valence-corrected chi connectivity index (χ4v) is 7.53. The van der Waals surface area contributed by atoms with Crippen molar-refractivity contribution in [3.05, 3.63) is 72.9 Å². The molecule has 0 heterocycles. The van der Waals surface area contributed by atoms with Crippen LogP contribution in [0.3, 0.4) is 0 Å². The second kappa shape index (κ2) is 54.7. The number of hydrogen-bond donors (Lipinski definition) is 0. The van der Waals surface area contributed by atoms with Gasteiger partial charge in [0.05, 0.1) is 6.61 Å². The van der Waals surface area contributed by atoms with Crippen LogP contribution >= 0.6 is 0 Å². The number of carbonyl (C=O) groups excluding carboxylic acids is 2. The maximum Gasteiger partial charge on any atom is 0.306 e. The Morgan fingerprint density at radius 1 is 0.344 bits per heavy atom. The smallest absolute Gasteiger partial charge is 0.306 e. The number of allylic oxidation sites excluding steroid dienone is 12. The molecule has 0 aromatic rings. The van der Waals surface area contributed by atoms with E-state index in [1.807, 2.05) is 0 Å². The van der Waals surface area contributed by atoms with E-state index >= 15 is 0 Å². The summed E-state index contributed by atoms with van der Waals surface area (Å²) in [5.41, 5.74) is 0. The van der Waals surface area contributed by atoms with E-state index in [2.05, 4.69) is 93.7 Å². The summed E-state index contributed by atoms with van der Waals surface area (Å²) in [6, 6.07) is 0. The highest BCUT2D eigenvalue weighted by Crippen LogP contribution is 2.14. The number of carbonyl (C=O) groups is 2. The third kappa shape index (κ3) is 52.0. The molecular weight excluding hydrogens is 789 g/mol. The van der Waals surface area contributed by atoms with Gasteiger partial charge in [-0.15, -0.1) is 0 Å². The van der Waals surface area contributed by atoms with Gasteiger partial charge in [0.25, 0.3) is 0 Å². The molecule has 0 aliphatic carbocycles. The van der Waals surface area contributed by atoms with Crippen LogP contribution in [0.2, 0.25) is 0 Å². The molecular formula is C59H104O5. The highest BCUT2D eigenvalue weighted by atomic mass is 16.6. The largest absolute Gasteiger partial charge is 0.462 e. The second-order valence-corrected chi connectivity index (χ2v) is 18.1. The Hall–Kier alpha value is -2.66. The zero-order valence-corrected chi connectivity index (χ0v) is 42.5. The predicted octanol–water partition coefficient (Wildman–Crippen LogP) is 18.7. The van der Waals surface area contributed by atoms with Gasteiger partial charge in [0.15, 0.2) is 6.10 Å². The lowest BCUT2D eigenvalue weighted by Crippen LogP contribution is -2.30. The number of rotatable bonds is 50. The summed E-state index contributed by atoms with van der Waals surface area (Å²) in [6.07, 6.45) is 70.5. The van der Waals surface area contributed by atoms with Crippen LogP contribution in [0.15, 0.2) is 72.9 Å². The second-order valence-electron chi connectivity index (χ2n) is 18.1. The van der Waals surface area contributed by atoms with E-state index in [0.717, 1.165) is 77.0 Å². The standard InChI is InChI=1S/C59H104O5/c1-4-7-10-13-16-19-22-24-26-28-29-30-32-34-36-39-42-45-48-51-54-62-55-57(64-59(61)53-50-47-44-41-37-21-18-15-12-9-6-3)56-63-58(60)52-49-46-43-40-38-35-33-31-27-25-23-20-17-14-11-8-5-2/h15-20,24-27,29-30,57H,4-14,21-23,28,31-56H2,1-3H3/b18-15-,19-16-,20-17-,26-24-,27-25-,30-29-. The Morgan fingerprint density at radius 2 is 0.672 bits per heavy atom. The van der Waals surface area contributed by atoms with Crippen LogP contribution in [-0.2, 0) is 23.8 Å². The molecule has 0 fully saturated rings. The van der Waals surface area contributed by atoms with Gasteiger partial charge in [-0.1, -0.05) is 216 Å². The van der Waals surface area contributed by atoms with Gasteiger partial charge in [0.1, 0.15) is 6.61 Å². The quantitative estimate of drug-likeness (QED) is 0.0346. The van der Waals surface area contributed by atoms with Crippen LogP contribution in [-0.4, -0.2) is 37.9 Å². The summed E-state index contributed by atoms with van der Waals surface area (Å²) >= 11 is 0. The van der Waals surface area contributed by atoms with E-state index in [0.29, 0.717) is 19.4 Å². The number of unbranched alkanes of at least 4 members (excludes halogenated alkanes) is 27. The highest BCUT2D eigenvalue weighted by molar-refractivity contribution is 5.70. The van der Waals surface area contributed by atoms with Crippen molar-refractivity contribution in [2.75, 3.05) is 19.8 Å². The Kier molecular flexibility index (Phi) is 52.4. The summed E-state index contributed by atoms with van der Waals surface area (Å²) in [4.78, 5) is 25.4. The normalized spacial score (nSPS) is 12.7. The van der Waals surface area contributed by atoms with E-state index in [1.165, 1.54) is 154 Å². The van der Waals surface area contributed by atoms with Crippen molar-refractivity contribution in [3.8, 4) is 0 Å². The van der Waals surface area contributed by atoms with Crippen molar-refractivity contribution in [1.29, 1.82) is 0 Å². The molecule has 64 heavy (non-hydrogen) atoms. The summed E-state index contributed by atoms with van der Waals surface area (Å²) in [5, 5.41) is 0. The number of esters is 2. The minimum absolute atomic E-state index is 0.0722. The van der Waals surface area contributed by atoms with Gasteiger partial charge in [-0.25, -0.2) is 0 Å². The van der Waals surface area contributed by atoms with Crippen molar-refractivity contribution >= 4 is 11.9 Å². The lowest BCUT2D eigenvalue weighted by molar-refractivity contribution is -0.163. The fourth-order valence-electron chi connectivity index (χ4n) is 7.53. The summed E-state index contributed by atoms with van der Waals surface area (Å²) in [7, 11) is 0. The topological polar surface area (TPSA) is 61.8 Å². The third-order valence-electron chi connectivity index (χ3n) is 11.7. The van der Waals surface area contributed by atoms with Crippen molar-refractivity contribution in [3.63, 3.8) is 0 Å². The minimum atomic E-state index is -0.551. The van der Waals surface area contributed by atoms with Gasteiger partial charge in [-0.3, -0.25) is 9.59 Å². The molecule has 0 saturated carbocycles. The van der Waals surface area contributed by atoms with E-state index in [-0.39, 0.29) is 25.2 Å². The molecule has 0 aromatic carbocycles.